The summed E-state index contributed by atoms with van der Waals surface area (Å²) in [6, 6.07) is 9.84. The molecule has 0 aliphatic rings. The van der Waals surface area contributed by atoms with Gasteiger partial charge in [0.2, 0.25) is 0 Å². The molecule has 0 unspecified atom stereocenters. The van der Waals surface area contributed by atoms with Gasteiger partial charge in [-0.1, -0.05) is 6.07 Å². The Morgan fingerprint density at radius 3 is 2.65 bits per heavy atom. The van der Waals surface area contributed by atoms with Crippen LogP contribution in [-0.4, -0.2) is 30.1 Å². The van der Waals surface area contributed by atoms with Gasteiger partial charge in [0.25, 0.3) is 5.91 Å². The minimum Gasteiger partial charge on any atom is -0.494 e. The summed E-state index contributed by atoms with van der Waals surface area (Å²) in [6.07, 6.45) is 1.44. The van der Waals surface area contributed by atoms with Crippen molar-refractivity contribution in [2.24, 2.45) is 0 Å². The predicted molar refractivity (Wildman–Crippen MR) is 85.8 cm³/mol. The van der Waals surface area contributed by atoms with Crippen molar-refractivity contribution in [3.8, 4) is 5.75 Å². The zero-order chi connectivity index (χ0) is 16.7. The van der Waals surface area contributed by atoms with Crippen LogP contribution in [0.5, 0.6) is 5.75 Å². The normalized spacial score (nSPS) is 10.0. The number of anilines is 1. The number of carbonyl (C=O) groups excluding carboxylic acids is 2. The van der Waals surface area contributed by atoms with E-state index in [1.54, 1.807) is 31.2 Å². The number of benzene rings is 1. The van der Waals surface area contributed by atoms with Gasteiger partial charge in [-0.15, -0.1) is 0 Å². The van der Waals surface area contributed by atoms with Gasteiger partial charge in [-0.05, 0) is 44.2 Å². The maximum atomic E-state index is 12.3. The lowest BCUT2D eigenvalue weighted by Crippen LogP contribution is -2.14. The average Bonchev–Trinajstić information content (AvgIpc) is 2.56. The molecule has 120 valence electrons. The molecule has 1 aromatic heterocycles. The summed E-state index contributed by atoms with van der Waals surface area (Å²) in [5.41, 5.74) is 0.777. The van der Waals surface area contributed by atoms with E-state index in [0.29, 0.717) is 23.5 Å². The third-order valence-electron chi connectivity index (χ3n) is 2.92. The molecule has 0 fully saturated rings. The second-order valence-corrected chi connectivity index (χ2v) is 4.57. The van der Waals surface area contributed by atoms with E-state index in [0.717, 1.165) is 0 Å². The highest BCUT2D eigenvalue weighted by Crippen LogP contribution is 2.15. The van der Waals surface area contributed by atoms with E-state index in [-0.39, 0.29) is 18.3 Å². The van der Waals surface area contributed by atoms with Crippen LogP contribution in [0.3, 0.4) is 0 Å². The third kappa shape index (κ3) is 4.54. The van der Waals surface area contributed by atoms with E-state index >= 15 is 0 Å². The molecule has 0 saturated carbocycles. The van der Waals surface area contributed by atoms with Crippen molar-refractivity contribution in [1.29, 1.82) is 0 Å². The summed E-state index contributed by atoms with van der Waals surface area (Å²) >= 11 is 0. The number of ether oxygens (including phenoxy) is 2. The molecular formula is C17H18N2O4. The third-order valence-corrected chi connectivity index (χ3v) is 2.92. The number of nitrogens with one attached hydrogen (secondary N) is 1. The number of hydrogen-bond acceptors (Lipinski definition) is 5. The Balaban J connectivity index is 2.12. The van der Waals surface area contributed by atoms with E-state index in [2.05, 4.69) is 10.3 Å². The van der Waals surface area contributed by atoms with Crippen LogP contribution in [-0.2, 0) is 4.74 Å². The predicted octanol–water partition coefficient (Wildman–Crippen LogP) is 2.91. The van der Waals surface area contributed by atoms with Crippen molar-refractivity contribution >= 4 is 17.7 Å². The maximum absolute atomic E-state index is 12.3. The molecule has 6 heteroatoms. The van der Waals surface area contributed by atoms with Crippen LogP contribution in [0.25, 0.3) is 0 Å². The molecule has 0 aliphatic heterocycles. The molecule has 6 nitrogen and oxygen atoms in total. The highest BCUT2D eigenvalue weighted by atomic mass is 16.5. The second-order valence-electron chi connectivity index (χ2n) is 4.57. The molecule has 2 aromatic rings. The fourth-order valence-electron chi connectivity index (χ4n) is 1.92. The van der Waals surface area contributed by atoms with E-state index in [9.17, 15) is 9.59 Å². The Bertz CT molecular complexity index is 700. The second kappa shape index (κ2) is 7.93. The summed E-state index contributed by atoms with van der Waals surface area (Å²) in [5, 5.41) is 2.65. The van der Waals surface area contributed by atoms with Crippen molar-refractivity contribution in [2.75, 3.05) is 18.5 Å². The smallest absolute Gasteiger partial charge is 0.338 e. The summed E-state index contributed by atoms with van der Waals surface area (Å²) in [4.78, 5) is 28.0. The summed E-state index contributed by atoms with van der Waals surface area (Å²) in [7, 11) is 0. The number of esters is 1. The topological polar surface area (TPSA) is 77.5 Å². The Hall–Kier alpha value is -2.89. The summed E-state index contributed by atoms with van der Waals surface area (Å²) in [5.74, 6) is 0.111. The zero-order valence-electron chi connectivity index (χ0n) is 13.0. The fourth-order valence-corrected chi connectivity index (χ4v) is 1.92. The van der Waals surface area contributed by atoms with Gasteiger partial charge >= 0.3 is 5.97 Å². The SMILES string of the molecule is CCOC(=O)c1ccnc(NC(=O)c2cccc(OCC)c2)c1. The number of carbonyl (C=O) groups is 2. The van der Waals surface area contributed by atoms with Crippen molar-refractivity contribution < 1.29 is 19.1 Å². The summed E-state index contributed by atoms with van der Waals surface area (Å²) in [6.45, 7) is 4.41. The van der Waals surface area contributed by atoms with Crippen LogP contribution in [0.4, 0.5) is 5.82 Å². The van der Waals surface area contributed by atoms with E-state index in [1.165, 1.54) is 18.3 Å². The molecule has 1 amide bonds. The monoisotopic (exact) mass is 314 g/mol. The van der Waals surface area contributed by atoms with Crippen LogP contribution < -0.4 is 10.1 Å². The first-order valence-corrected chi connectivity index (χ1v) is 7.31. The standard InChI is InChI=1S/C17H18N2O4/c1-3-22-14-7-5-6-12(10-14)16(20)19-15-11-13(8-9-18-15)17(21)23-4-2/h5-11H,3-4H2,1-2H3,(H,18,19,20). The van der Waals surface area contributed by atoms with E-state index in [4.69, 9.17) is 9.47 Å². The first kappa shape index (κ1) is 16.5. The molecule has 0 radical (unpaired) electrons. The number of aromatic nitrogens is 1. The van der Waals surface area contributed by atoms with Gasteiger partial charge in [0.05, 0.1) is 18.8 Å². The molecular weight excluding hydrogens is 296 g/mol. The number of pyridine rings is 1. The zero-order valence-corrected chi connectivity index (χ0v) is 13.0. The molecule has 0 spiro atoms. The Labute approximate surface area is 134 Å². The Morgan fingerprint density at radius 2 is 1.91 bits per heavy atom. The molecule has 1 heterocycles. The van der Waals surface area contributed by atoms with E-state index < -0.39 is 5.97 Å². The summed E-state index contributed by atoms with van der Waals surface area (Å²) < 4.78 is 10.3. The van der Waals surface area contributed by atoms with Crippen LogP contribution in [0, 0.1) is 0 Å². The largest absolute Gasteiger partial charge is 0.494 e. The first-order chi connectivity index (χ1) is 11.1. The van der Waals surface area contributed by atoms with Crippen LogP contribution in [0.2, 0.25) is 0 Å². The maximum Gasteiger partial charge on any atom is 0.338 e. The first-order valence-electron chi connectivity index (χ1n) is 7.31. The minimum absolute atomic E-state index is 0.280. The molecule has 23 heavy (non-hydrogen) atoms. The van der Waals surface area contributed by atoms with Crippen LogP contribution >= 0.6 is 0 Å². The van der Waals surface area contributed by atoms with Gasteiger partial charge in [-0.25, -0.2) is 9.78 Å². The number of amides is 1. The lowest BCUT2D eigenvalue weighted by atomic mass is 10.2. The molecule has 0 bridgehead atoms. The van der Waals surface area contributed by atoms with Crippen molar-refractivity contribution in [2.45, 2.75) is 13.8 Å². The van der Waals surface area contributed by atoms with Gasteiger partial charge in [-0.2, -0.15) is 0 Å². The van der Waals surface area contributed by atoms with Gasteiger partial charge < -0.3 is 14.8 Å². The lowest BCUT2D eigenvalue weighted by molar-refractivity contribution is 0.0526. The van der Waals surface area contributed by atoms with Gasteiger partial charge in [-0.3, -0.25) is 4.79 Å². The lowest BCUT2D eigenvalue weighted by Gasteiger charge is -2.08. The molecule has 2 rings (SSSR count). The highest BCUT2D eigenvalue weighted by Gasteiger charge is 2.11. The number of hydrogen-bond donors (Lipinski definition) is 1. The highest BCUT2D eigenvalue weighted by molar-refractivity contribution is 6.04. The molecule has 0 atom stereocenters. The number of nitrogens with zero attached hydrogens (tertiary/aromatic N) is 1. The van der Waals surface area contributed by atoms with Gasteiger partial charge in [0.1, 0.15) is 11.6 Å². The van der Waals surface area contributed by atoms with Gasteiger partial charge in [0, 0.05) is 11.8 Å². The molecule has 1 aromatic carbocycles. The molecule has 1 N–H and O–H groups in total. The van der Waals surface area contributed by atoms with Gasteiger partial charge in [0.15, 0.2) is 0 Å². The minimum atomic E-state index is -0.455. The van der Waals surface area contributed by atoms with Crippen LogP contribution in [0.1, 0.15) is 34.6 Å². The fraction of sp³-hybridized carbons (Fsp3) is 0.235. The van der Waals surface area contributed by atoms with Crippen molar-refractivity contribution in [1.82, 2.24) is 4.98 Å². The molecule has 0 saturated heterocycles. The Kier molecular flexibility index (Phi) is 5.68. The van der Waals surface area contributed by atoms with Crippen LogP contribution in [0.15, 0.2) is 42.6 Å². The van der Waals surface area contributed by atoms with Crippen molar-refractivity contribution in [3.63, 3.8) is 0 Å². The van der Waals surface area contributed by atoms with Crippen molar-refractivity contribution in [3.05, 3.63) is 53.7 Å². The quantitative estimate of drug-likeness (QED) is 0.830. The Morgan fingerprint density at radius 1 is 1.09 bits per heavy atom. The molecule has 0 aliphatic carbocycles. The number of rotatable bonds is 6. The average molecular weight is 314 g/mol. The van der Waals surface area contributed by atoms with E-state index in [1.807, 2.05) is 6.92 Å².